The molecule has 0 radical (unpaired) electrons. The molecule has 0 aliphatic carbocycles. The van der Waals surface area contributed by atoms with Crippen LogP contribution in [0, 0.1) is 0 Å². The van der Waals surface area contributed by atoms with Gasteiger partial charge in [-0.3, -0.25) is 4.79 Å². The molecule has 0 spiro atoms. The quantitative estimate of drug-likeness (QED) is 0.599. The van der Waals surface area contributed by atoms with Crippen LogP contribution < -0.4 is 11.1 Å². The van der Waals surface area contributed by atoms with Crippen molar-refractivity contribution in [3.63, 3.8) is 0 Å². The minimum atomic E-state index is -1.43. The number of nitrogens with zero attached hydrogens (tertiary/aromatic N) is 2. The SMILES string of the molecule is Nc1n[nH]nc1C(=O)NCc1ccc(S(=O)c2ccc(Cl)cc2)c(Cl)c1. The number of H-pyrrole nitrogens is 1. The van der Waals surface area contributed by atoms with Crippen LogP contribution in [0.5, 0.6) is 0 Å². The molecule has 1 aromatic heterocycles. The number of aromatic amines is 1. The Morgan fingerprint density at radius 1 is 1.15 bits per heavy atom. The Morgan fingerprint density at radius 3 is 2.50 bits per heavy atom. The van der Waals surface area contributed by atoms with E-state index in [1.807, 2.05) is 0 Å². The summed E-state index contributed by atoms with van der Waals surface area (Å²) < 4.78 is 12.6. The molecule has 1 unspecified atom stereocenters. The molecule has 3 aromatic rings. The molecule has 10 heteroatoms. The van der Waals surface area contributed by atoms with Crippen LogP contribution in [0.1, 0.15) is 16.1 Å². The molecule has 134 valence electrons. The van der Waals surface area contributed by atoms with E-state index in [1.54, 1.807) is 42.5 Å². The number of carbonyl (C=O) groups excluding carboxylic acids is 1. The normalized spacial score (nSPS) is 11.9. The van der Waals surface area contributed by atoms with Crippen LogP contribution in [0.2, 0.25) is 10.0 Å². The summed E-state index contributed by atoms with van der Waals surface area (Å²) in [5.74, 6) is -0.435. The lowest BCUT2D eigenvalue weighted by Crippen LogP contribution is -2.24. The van der Waals surface area contributed by atoms with E-state index in [1.165, 1.54) is 0 Å². The third-order valence-corrected chi connectivity index (χ3v) is 5.60. The number of anilines is 1. The summed E-state index contributed by atoms with van der Waals surface area (Å²) in [6.45, 7) is 0.207. The second-order valence-electron chi connectivity index (χ2n) is 5.23. The first kappa shape index (κ1) is 18.4. The van der Waals surface area contributed by atoms with E-state index in [0.717, 1.165) is 5.56 Å². The second kappa shape index (κ2) is 7.86. The topological polar surface area (TPSA) is 114 Å². The van der Waals surface area contributed by atoms with Crippen LogP contribution in [0.4, 0.5) is 5.82 Å². The Balaban J connectivity index is 1.71. The maximum absolute atomic E-state index is 12.6. The van der Waals surface area contributed by atoms with Gasteiger partial charge in [0.2, 0.25) is 0 Å². The van der Waals surface area contributed by atoms with Gasteiger partial charge in [-0.05, 0) is 42.0 Å². The molecule has 0 saturated heterocycles. The van der Waals surface area contributed by atoms with E-state index in [9.17, 15) is 9.00 Å². The fraction of sp³-hybridized carbons (Fsp3) is 0.0625. The Bertz CT molecular complexity index is 975. The fourth-order valence-corrected chi connectivity index (χ4v) is 3.77. The van der Waals surface area contributed by atoms with Crippen LogP contribution in [0.15, 0.2) is 52.3 Å². The molecule has 26 heavy (non-hydrogen) atoms. The average molecular weight is 410 g/mol. The van der Waals surface area contributed by atoms with E-state index in [0.29, 0.717) is 19.8 Å². The number of nitrogen functional groups attached to an aromatic ring is 1. The summed E-state index contributed by atoms with van der Waals surface area (Å²) in [6.07, 6.45) is 0. The van der Waals surface area contributed by atoms with Gasteiger partial charge in [-0.15, -0.1) is 10.2 Å². The maximum Gasteiger partial charge on any atom is 0.275 e. The van der Waals surface area contributed by atoms with Crippen molar-refractivity contribution < 1.29 is 9.00 Å². The molecule has 4 N–H and O–H groups in total. The first-order chi connectivity index (χ1) is 12.5. The highest BCUT2D eigenvalue weighted by molar-refractivity contribution is 7.85. The molecule has 0 fully saturated rings. The number of nitrogens with one attached hydrogen (secondary N) is 2. The number of hydrogen-bond acceptors (Lipinski definition) is 5. The zero-order valence-electron chi connectivity index (χ0n) is 13.2. The minimum Gasteiger partial charge on any atom is -0.380 e. The lowest BCUT2D eigenvalue weighted by molar-refractivity contribution is 0.0946. The first-order valence-electron chi connectivity index (χ1n) is 7.36. The third-order valence-electron chi connectivity index (χ3n) is 3.47. The number of benzene rings is 2. The highest BCUT2D eigenvalue weighted by Gasteiger charge is 2.15. The van der Waals surface area contributed by atoms with Crippen molar-refractivity contribution in [2.75, 3.05) is 5.73 Å². The van der Waals surface area contributed by atoms with Crippen molar-refractivity contribution in [2.45, 2.75) is 16.3 Å². The van der Waals surface area contributed by atoms with Crippen molar-refractivity contribution in [1.29, 1.82) is 0 Å². The van der Waals surface area contributed by atoms with Crippen molar-refractivity contribution >= 4 is 45.7 Å². The zero-order chi connectivity index (χ0) is 18.7. The number of amides is 1. The highest BCUT2D eigenvalue weighted by atomic mass is 35.5. The summed E-state index contributed by atoms with van der Waals surface area (Å²) >= 11 is 12.1. The number of carbonyl (C=O) groups is 1. The molecule has 2 aromatic carbocycles. The molecule has 0 bridgehead atoms. The summed E-state index contributed by atoms with van der Waals surface area (Å²) in [4.78, 5) is 13.0. The molecule has 1 atom stereocenters. The van der Waals surface area contributed by atoms with Crippen LogP contribution in [0.3, 0.4) is 0 Å². The molecule has 3 rings (SSSR count). The molecule has 1 amide bonds. The smallest absolute Gasteiger partial charge is 0.275 e. The molecule has 0 aliphatic heterocycles. The van der Waals surface area contributed by atoms with E-state index in [2.05, 4.69) is 20.7 Å². The van der Waals surface area contributed by atoms with E-state index in [-0.39, 0.29) is 18.1 Å². The van der Waals surface area contributed by atoms with Gasteiger partial charge in [-0.1, -0.05) is 29.3 Å². The largest absolute Gasteiger partial charge is 0.380 e. The van der Waals surface area contributed by atoms with Gasteiger partial charge in [-0.25, -0.2) is 4.21 Å². The standard InChI is InChI=1S/C16H13Cl2N5O2S/c17-10-2-4-11(5-3-10)26(25)13-6-1-9(7-12(13)18)8-20-16(24)14-15(19)22-23-21-14/h1-7H,8H2,(H,20,24)(H3,19,21,22,23). The van der Waals surface area contributed by atoms with Gasteiger partial charge in [0.15, 0.2) is 11.5 Å². The van der Waals surface area contributed by atoms with Crippen molar-refractivity contribution in [3.05, 3.63) is 63.8 Å². The van der Waals surface area contributed by atoms with Crippen LogP contribution in [-0.4, -0.2) is 25.5 Å². The molecule has 0 saturated carbocycles. The molecular weight excluding hydrogens is 397 g/mol. The van der Waals surface area contributed by atoms with Gasteiger partial charge >= 0.3 is 0 Å². The zero-order valence-corrected chi connectivity index (χ0v) is 15.5. The van der Waals surface area contributed by atoms with E-state index >= 15 is 0 Å². The van der Waals surface area contributed by atoms with Gasteiger partial charge in [-0.2, -0.15) is 5.21 Å². The average Bonchev–Trinajstić information content (AvgIpc) is 3.06. The van der Waals surface area contributed by atoms with Crippen molar-refractivity contribution in [1.82, 2.24) is 20.7 Å². The number of hydrogen-bond donors (Lipinski definition) is 3. The highest BCUT2D eigenvalue weighted by Crippen LogP contribution is 2.26. The molecule has 7 nitrogen and oxygen atoms in total. The molecule has 1 heterocycles. The summed E-state index contributed by atoms with van der Waals surface area (Å²) in [5, 5.41) is 13.1. The Morgan fingerprint density at radius 2 is 1.88 bits per heavy atom. The summed E-state index contributed by atoms with van der Waals surface area (Å²) in [7, 11) is -1.43. The molecule has 0 aliphatic rings. The Labute approximate surface area is 161 Å². The van der Waals surface area contributed by atoms with E-state index in [4.69, 9.17) is 28.9 Å². The van der Waals surface area contributed by atoms with Gasteiger partial charge in [0.1, 0.15) is 0 Å². The van der Waals surface area contributed by atoms with Crippen LogP contribution >= 0.6 is 23.2 Å². The van der Waals surface area contributed by atoms with Crippen molar-refractivity contribution in [3.8, 4) is 0 Å². The number of nitrogens with two attached hydrogens (primary N) is 1. The molecular formula is C16H13Cl2N5O2S. The van der Waals surface area contributed by atoms with Gasteiger partial charge in [0, 0.05) is 16.5 Å². The van der Waals surface area contributed by atoms with Gasteiger partial charge in [0.05, 0.1) is 20.7 Å². The Hall–Kier alpha value is -2.42. The van der Waals surface area contributed by atoms with E-state index < -0.39 is 16.7 Å². The van der Waals surface area contributed by atoms with Crippen LogP contribution in [0.25, 0.3) is 0 Å². The minimum absolute atomic E-state index is 0.0224. The lowest BCUT2D eigenvalue weighted by Gasteiger charge is -2.08. The maximum atomic E-state index is 12.6. The van der Waals surface area contributed by atoms with Crippen molar-refractivity contribution in [2.24, 2.45) is 0 Å². The summed E-state index contributed by atoms with van der Waals surface area (Å²) in [5.41, 5.74) is 6.29. The number of rotatable bonds is 5. The lowest BCUT2D eigenvalue weighted by atomic mass is 10.2. The number of halogens is 2. The predicted octanol–water partition coefficient (Wildman–Crippen LogP) is 2.79. The monoisotopic (exact) mass is 409 g/mol. The predicted molar refractivity (Wildman–Crippen MR) is 99.5 cm³/mol. The Kier molecular flexibility index (Phi) is 5.55. The third kappa shape index (κ3) is 4.04. The van der Waals surface area contributed by atoms with Crippen LogP contribution in [-0.2, 0) is 17.3 Å². The van der Waals surface area contributed by atoms with Gasteiger partial charge < -0.3 is 11.1 Å². The second-order valence-corrected chi connectivity index (χ2v) is 7.52. The first-order valence-corrected chi connectivity index (χ1v) is 9.26. The number of aromatic nitrogens is 3. The van der Waals surface area contributed by atoms with Gasteiger partial charge in [0.25, 0.3) is 5.91 Å². The summed E-state index contributed by atoms with van der Waals surface area (Å²) in [6, 6.07) is 11.8. The fourth-order valence-electron chi connectivity index (χ4n) is 2.16.